The molecule has 0 unspecified atom stereocenters. The van der Waals surface area contributed by atoms with Gasteiger partial charge in [-0.2, -0.15) is 0 Å². The van der Waals surface area contributed by atoms with Crippen molar-refractivity contribution in [3.8, 4) is 0 Å². The second kappa shape index (κ2) is 5.83. The molecule has 1 atom stereocenters. The number of rotatable bonds is 6. The van der Waals surface area contributed by atoms with Crippen molar-refractivity contribution in [2.45, 2.75) is 45.6 Å². The lowest BCUT2D eigenvalue weighted by molar-refractivity contribution is 0.0659. The van der Waals surface area contributed by atoms with Crippen LogP contribution in [0.1, 0.15) is 39.5 Å². The van der Waals surface area contributed by atoms with Crippen LogP contribution in [0.2, 0.25) is 0 Å². The van der Waals surface area contributed by atoms with Gasteiger partial charge in [0, 0.05) is 18.0 Å². The van der Waals surface area contributed by atoms with E-state index in [1.807, 2.05) is 6.92 Å². The summed E-state index contributed by atoms with van der Waals surface area (Å²) in [6.07, 6.45) is 5.36. The SMILES string of the molecule is C[C@H](NCC(C)(CO)CO)C1CCCC1. The van der Waals surface area contributed by atoms with Crippen molar-refractivity contribution in [3.05, 3.63) is 0 Å². The molecule has 0 saturated heterocycles. The molecular formula is C12H25NO2. The zero-order valence-corrected chi connectivity index (χ0v) is 10.00. The standard InChI is InChI=1S/C12H25NO2/c1-10(11-5-3-4-6-11)13-7-12(2,8-14)9-15/h10-11,13-15H,3-9H2,1-2H3/t10-/m0/s1. The van der Waals surface area contributed by atoms with E-state index in [9.17, 15) is 0 Å². The first-order chi connectivity index (χ1) is 7.11. The molecule has 3 heteroatoms. The Morgan fingerprint density at radius 2 is 1.80 bits per heavy atom. The monoisotopic (exact) mass is 215 g/mol. The minimum Gasteiger partial charge on any atom is -0.396 e. The fourth-order valence-electron chi connectivity index (χ4n) is 2.19. The molecule has 0 aromatic rings. The van der Waals surface area contributed by atoms with E-state index in [0.29, 0.717) is 12.6 Å². The Balaban J connectivity index is 2.28. The smallest absolute Gasteiger partial charge is 0.0518 e. The van der Waals surface area contributed by atoms with Gasteiger partial charge in [-0.1, -0.05) is 19.8 Å². The molecule has 0 aromatic carbocycles. The maximum atomic E-state index is 9.16. The zero-order chi connectivity index (χ0) is 11.3. The van der Waals surface area contributed by atoms with Gasteiger partial charge in [0.25, 0.3) is 0 Å². The van der Waals surface area contributed by atoms with Gasteiger partial charge in [0.05, 0.1) is 13.2 Å². The molecule has 1 rings (SSSR count). The van der Waals surface area contributed by atoms with E-state index in [0.717, 1.165) is 5.92 Å². The first-order valence-electron chi connectivity index (χ1n) is 6.06. The molecule has 3 N–H and O–H groups in total. The predicted octanol–water partition coefficient (Wildman–Crippen LogP) is 1.15. The van der Waals surface area contributed by atoms with Crippen LogP contribution in [0.25, 0.3) is 0 Å². The Hall–Kier alpha value is -0.120. The van der Waals surface area contributed by atoms with Crippen molar-refractivity contribution in [2.75, 3.05) is 19.8 Å². The fourth-order valence-corrected chi connectivity index (χ4v) is 2.19. The first-order valence-corrected chi connectivity index (χ1v) is 6.06. The second-order valence-electron chi connectivity index (χ2n) is 5.34. The van der Waals surface area contributed by atoms with Gasteiger partial charge in [0.1, 0.15) is 0 Å². The summed E-state index contributed by atoms with van der Waals surface area (Å²) in [5.41, 5.74) is -0.382. The third kappa shape index (κ3) is 3.74. The molecule has 0 aromatic heterocycles. The van der Waals surface area contributed by atoms with E-state index in [4.69, 9.17) is 10.2 Å². The molecule has 0 bridgehead atoms. The molecule has 3 nitrogen and oxygen atoms in total. The van der Waals surface area contributed by atoms with E-state index < -0.39 is 0 Å². The Kier molecular flexibility index (Phi) is 5.03. The summed E-state index contributed by atoms with van der Waals surface area (Å²) in [6, 6.07) is 0.505. The quantitative estimate of drug-likeness (QED) is 0.623. The lowest BCUT2D eigenvalue weighted by atomic mass is 9.91. The van der Waals surface area contributed by atoms with E-state index in [1.54, 1.807) is 0 Å². The summed E-state index contributed by atoms with van der Waals surface area (Å²) < 4.78 is 0. The number of hydrogen-bond acceptors (Lipinski definition) is 3. The lowest BCUT2D eigenvalue weighted by Crippen LogP contribution is -2.43. The van der Waals surface area contributed by atoms with Crippen molar-refractivity contribution < 1.29 is 10.2 Å². The van der Waals surface area contributed by atoms with Gasteiger partial charge in [-0.05, 0) is 25.7 Å². The van der Waals surface area contributed by atoms with Crippen molar-refractivity contribution in [3.63, 3.8) is 0 Å². The molecule has 0 radical (unpaired) electrons. The molecule has 0 aliphatic heterocycles. The van der Waals surface area contributed by atoms with Gasteiger partial charge >= 0.3 is 0 Å². The molecule has 0 amide bonds. The van der Waals surface area contributed by atoms with Crippen LogP contribution in [-0.4, -0.2) is 36.0 Å². The van der Waals surface area contributed by atoms with Crippen LogP contribution in [0.5, 0.6) is 0 Å². The maximum absolute atomic E-state index is 9.16. The average molecular weight is 215 g/mol. The number of nitrogens with one attached hydrogen (secondary N) is 1. The van der Waals surface area contributed by atoms with Crippen LogP contribution in [0.15, 0.2) is 0 Å². The van der Waals surface area contributed by atoms with Crippen LogP contribution in [0.4, 0.5) is 0 Å². The van der Waals surface area contributed by atoms with E-state index in [-0.39, 0.29) is 18.6 Å². The fraction of sp³-hybridized carbons (Fsp3) is 1.00. The van der Waals surface area contributed by atoms with E-state index in [1.165, 1.54) is 25.7 Å². The van der Waals surface area contributed by atoms with E-state index >= 15 is 0 Å². The Morgan fingerprint density at radius 3 is 2.27 bits per heavy atom. The largest absolute Gasteiger partial charge is 0.396 e. The van der Waals surface area contributed by atoms with Crippen LogP contribution in [-0.2, 0) is 0 Å². The van der Waals surface area contributed by atoms with Gasteiger partial charge in [0.15, 0.2) is 0 Å². The van der Waals surface area contributed by atoms with Gasteiger partial charge in [-0.15, -0.1) is 0 Å². The highest BCUT2D eigenvalue weighted by atomic mass is 16.3. The minimum atomic E-state index is -0.382. The molecule has 1 fully saturated rings. The highest BCUT2D eigenvalue weighted by Gasteiger charge is 2.26. The molecule has 1 aliphatic rings. The van der Waals surface area contributed by atoms with Crippen LogP contribution in [0, 0.1) is 11.3 Å². The molecule has 15 heavy (non-hydrogen) atoms. The number of aliphatic hydroxyl groups excluding tert-OH is 2. The van der Waals surface area contributed by atoms with Gasteiger partial charge < -0.3 is 15.5 Å². The Morgan fingerprint density at radius 1 is 1.27 bits per heavy atom. The highest BCUT2D eigenvalue weighted by Crippen LogP contribution is 2.27. The summed E-state index contributed by atoms with van der Waals surface area (Å²) in [4.78, 5) is 0. The maximum Gasteiger partial charge on any atom is 0.0518 e. The van der Waals surface area contributed by atoms with Crippen molar-refractivity contribution in [2.24, 2.45) is 11.3 Å². The van der Waals surface area contributed by atoms with Crippen molar-refractivity contribution in [1.29, 1.82) is 0 Å². The van der Waals surface area contributed by atoms with Crippen molar-refractivity contribution >= 4 is 0 Å². The number of hydrogen-bond donors (Lipinski definition) is 3. The third-order valence-electron chi connectivity index (χ3n) is 3.72. The molecule has 90 valence electrons. The molecule has 1 saturated carbocycles. The molecule has 1 aliphatic carbocycles. The summed E-state index contributed by atoms with van der Waals surface area (Å²) in [5.74, 6) is 0.784. The summed E-state index contributed by atoms with van der Waals surface area (Å²) in [5, 5.41) is 21.8. The Labute approximate surface area is 92.9 Å². The Bertz CT molecular complexity index is 174. The van der Waals surface area contributed by atoms with Gasteiger partial charge in [0.2, 0.25) is 0 Å². The second-order valence-corrected chi connectivity index (χ2v) is 5.34. The topological polar surface area (TPSA) is 52.5 Å². The third-order valence-corrected chi connectivity index (χ3v) is 3.72. The summed E-state index contributed by atoms with van der Waals surface area (Å²) in [7, 11) is 0. The van der Waals surface area contributed by atoms with Crippen LogP contribution in [0.3, 0.4) is 0 Å². The summed E-state index contributed by atoms with van der Waals surface area (Å²) >= 11 is 0. The number of aliphatic hydroxyl groups is 2. The van der Waals surface area contributed by atoms with Gasteiger partial charge in [-0.25, -0.2) is 0 Å². The molecule has 0 spiro atoms. The lowest BCUT2D eigenvalue weighted by Gasteiger charge is -2.29. The first kappa shape index (κ1) is 12.9. The van der Waals surface area contributed by atoms with Crippen molar-refractivity contribution in [1.82, 2.24) is 5.32 Å². The molecular weight excluding hydrogens is 190 g/mol. The highest BCUT2D eigenvalue weighted by molar-refractivity contribution is 4.81. The average Bonchev–Trinajstić information content (AvgIpc) is 2.79. The zero-order valence-electron chi connectivity index (χ0n) is 10.00. The van der Waals surface area contributed by atoms with Gasteiger partial charge in [-0.3, -0.25) is 0 Å². The predicted molar refractivity (Wildman–Crippen MR) is 61.7 cm³/mol. The molecule has 0 heterocycles. The van der Waals surface area contributed by atoms with E-state index in [2.05, 4.69) is 12.2 Å². The normalized spacial score (nSPS) is 20.8. The van der Waals surface area contributed by atoms with Crippen LogP contribution >= 0.6 is 0 Å². The minimum absolute atomic E-state index is 0.0356. The van der Waals surface area contributed by atoms with Crippen LogP contribution < -0.4 is 5.32 Å². The summed E-state index contributed by atoms with van der Waals surface area (Å²) in [6.45, 7) is 4.88.